The molecule has 0 unspecified atom stereocenters. The molecule has 1 aliphatic rings. The molecule has 156 valence electrons. The summed E-state index contributed by atoms with van der Waals surface area (Å²) in [6, 6.07) is 8.66. The number of nitrogens with zero attached hydrogens (tertiary/aromatic N) is 1. The molecule has 2 aromatic carbocycles. The number of hydrogen-bond donors (Lipinski definition) is 1. The van der Waals surface area contributed by atoms with Gasteiger partial charge in [-0.25, -0.2) is 4.39 Å². The van der Waals surface area contributed by atoms with Crippen molar-refractivity contribution in [3.63, 3.8) is 0 Å². The van der Waals surface area contributed by atoms with Gasteiger partial charge in [0, 0.05) is 30.5 Å². The van der Waals surface area contributed by atoms with E-state index in [4.69, 9.17) is 14.6 Å². The van der Waals surface area contributed by atoms with Crippen LogP contribution in [0.5, 0.6) is 11.5 Å². The first kappa shape index (κ1) is 21.1. The number of benzene rings is 2. The highest BCUT2D eigenvalue weighted by Gasteiger charge is 2.32. The van der Waals surface area contributed by atoms with E-state index in [2.05, 4.69) is 0 Å². The van der Waals surface area contributed by atoms with Crippen molar-refractivity contribution in [2.45, 2.75) is 51.9 Å². The van der Waals surface area contributed by atoms with Crippen molar-refractivity contribution in [1.29, 1.82) is 0 Å². The van der Waals surface area contributed by atoms with Gasteiger partial charge in [0.1, 0.15) is 29.5 Å². The molecule has 0 saturated carbocycles. The van der Waals surface area contributed by atoms with Gasteiger partial charge in [-0.15, -0.1) is 0 Å². The Hall–Kier alpha value is -2.60. The van der Waals surface area contributed by atoms with Crippen molar-refractivity contribution in [3.05, 3.63) is 58.4 Å². The molecule has 1 aliphatic heterocycles. The van der Waals surface area contributed by atoms with Crippen molar-refractivity contribution in [3.8, 4) is 11.5 Å². The summed E-state index contributed by atoms with van der Waals surface area (Å²) in [5, 5.41) is 8.97. The van der Waals surface area contributed by atoms with Crippen LogP contribution >= 0.6 is 0 Å². The summed E-state index contributed by atoms with van der Waals surface area (Å²) in [7, 11) is 3.92. The molecule has 0 amide bonds. The first-order valence-corrected chi connectivity index (χ1v) is 9.74. The largest absolute Gasteiger partial charge is 0.489 e. The van der Waals surface area contributed by atoms with E-state index in [1.54, 1.807) is 0 Å². The quantitative estimate of drug-likeness (QED) is 0.719. The molecule has 5 nitrogen and oxygen atoms in total. The summed E-state index contributed by atoms with van der Waals surface area (Å²) >= 11 is 0. The summed E-state index contributed by atoms with van der Waals surface area (Å²) in [5.41, 5.74) is 3.22. The van der Waals surface area contributed by atoms with Crippen LogP contribution in [-0.2, 0) is 30.8 Å². The van der Waals surface area contributed by atoms with Crippen molar-refractivity contribution < 1.29 is 23.8 Å². The fourth-order valence-electron chi connectivity index (χ4n) is 3.68. The SMILES string of the molecule is CN(C)Cc1cc(OCc2cc(F)cc3c2OC(C)(C)C3)ccc1CCC(=O)O. The van der Waals surface area contributed by atoms with Crippen LogP contribution in [0.3, 0.4) is 0 Å². The third-order valence-corrected chi connectivity index (χ3v) is 4.87. The molecule has 2 aromatic rings. The van der Waals surface area contributed by atoms with Crippen molar-refractivity contribution in [2.75, 3.05) is 14.1 Å². The maximum atomic E-state index is 14.0. The Morgan fingerprint density at radius 2 is 1.97 bits per heavy atom. The first-order chi connectivity index (χ1) is 13.6. The zero-order chi connectivity index (χ0) is 21.2. The standard InChI is InChI=1S/C23H28FNO4/c1-23(2)12-16-9-19(24)10-18(22(16)29-23)14-28-20-7-5-15(6-8-21(26)27)17(11-20)13-25(3)4/h5,7,9-11H,6,8,12-14H2,1-4H3,(H,26,27). The molecule has 0 radical (unpaired) electrons. The zero-order valence-corrected chi connectivity index (χ0v) is 17.4. The van der Waals surface area contributed by atoms with Crippen LogP contribution in [-0.4, -0.2) is 35.7 Å². The minimum absolute atomic E-state index is 0.0865. The Balaban J connectivity index is 1.78. The Bertz CT molecular complexity index is 908. The number of aliphatic carboxylic acids is 1. The van der Waals surface area contributed by atoms with E-state index < -0.39 is 5.97 Å². The number of hydrogen-bond acceptors (Lipinski definition) is 4. The fourth-order valence-corrected chi connectivity index (χ4v) is 3.68. The van der Waals surface area contributed by atoms with Crippen LogP contribution in [0.1, 0.15) is 42.5 Å². The number of fused-ring (bicyclic) bond motifs is 1. The second-order valence-corrected chi connectivity index (χ2v) is 8.44. The van der Waals surface area contributed by atoms with Gasteiger partial charge < -0.3 is 19.5 Å². The van der Waals surface area contributed by atoms with Crippen LogP contribution in [0.25, 0.3) is 0 Å². The predicted octanol–water partition coefficient (Wildman–Crippen LogP) is 4.20. The maximum absolute atomic E-state index is 14.0. The van der Waals surface area contributed by atoms with Gasteiger partial charge in [-0.2, -0.15) is 0 Å². The Kier molecular flexibility index (Phi) is 6.13. The molecule has 0 atom stereocenters. The van der Waals surface area contributed by atoms with Gasteiger partial charge in [-0.3, -0.25) is 4.79 Å². The zero-order valence-electron chi connectivity index (χ0n) is 17.4. The molecule has 0 aromatic heterocycles. The maximum Gasteiger partial charge on any atom is 0.303 e. The van der Waals surface area contributed by atoms with E-state index in [0.29, 0.717) is 36.4 Å². The summed E-state index contributed by atoms with van der Waals surface area (Å²) in [6.45, 7) is 4.85. The Morgan fingerprint density at radius 1 is 1.21 bits per heavy atom. The monoisotopic (exact) mass is 401 g/mol. The van der Waals surface area contributed by atoms with E-state index >= 15 is 0 Å². The number of carboxylic acid groups (broad SMARTS) is 1. The summed E-state index contributed by atoms with van der Waals surface area (Å²) in [5.74, 6) is 0.268. The van der Waals surface area contributed by atoms with E-state index in [-0.39, 0.29) is 24.4 Å². The topological polar surface area (TPSA) is 59.0 Å². The van der Waals surface area contributed by atoms with Crippen LogP contribution in [0, 0.1) is 5.82 Å². The first-order valence-electron chi connectivity index (χ1n) is 9.74. The van der Waals surface area contributed by atoms with E-state index in [0.717, 1.165) is 16.7 Å². The average Bonchev–Trinajstić information content (AvgIpc) is 2.92. The van der Waals surface area contributed by atoms with Gasteiger partial charge in [0.25, 0.3) is 0 Å². The number of aryl methyl sites for hydroxylation is 1. The number of carbonyl (C=O) groups is 1. The van der Waals surface area contributed by atoms with Crippen molar-refractivity contribution in [2.24, 2.45) is 0 Å². The summed E-state index contributed by atoms with van der Waals surface area (Å²) in [4.78, 5) is 12.9. The Morgan fingerprint density at radius 3 is 2.66 bits per heavy atom. The molecule has 6 heteroatoms. The Labute approximate surface area is 171 Å². The average molecular weight is 401 g/mol. The van der Waals surface area contributed by atoms with Gasteiger partial charge >= 0.3 is 5.97 Å². The van der Waals surface area contributed by atoms with E-state index in [1.807, 2.05) is 51.0 Å². The highest BCUT2D eigenvalue weighted by atomic mass is 19.1. The number of carboxylic acids is 1. The van der Waals surface area contributed by atoms with Gasteiger partial charge in [-0.1, -0.05) is 6.07 Å². The van der Waals surface area contributed by atoms with Crippen LogP contribution in [0.15, 0.2) is 30.3 Å². The lowest BCUT2D eigenvalue weighted by Gasteiger charge is -2.19. The minimum Gasteiger partial charge on any atom is -0.489 e. The second kappa shape index (κ2) is 8.41. The van der Waals surface area contributed by atoms with Crippen LogP contribution < -0.4 is 9.47 Å². The van der Waals surface area contributed by atoms with Gasteiger partial charge in [0.15, 0.2) is 0 Å². The second-order valence-electron chi connectivity index (χ2n) is 8.44. The highest BCUT2D eigenvalue weighted by molar-refractivity contribution is 5.67. The van der Waals surface area contributed by atoms with Crippen LogP contribution in [0.4, 0.5) is 4.39 Å². The molecular formula is C23H28FNO4. The number of halogens is 1. The third kappa shape index (κ3) is 5.48. The molecule has 0 fully saturated rings. The highest BCUT2D eigenvalue weighted by Crippen LogP contribution is 2.38. The third-order valence-electron chi connectivity index (χ3n) is 4.87. The van der Waals surface area contributed by atoms with Crippen molar-refractivity contribution >= 4 is 5.97 Å². The van der Waals surface area contributed by atoms with Gasteiger partial charge in [0.2, 0.25) is 0 Å². The molecule has 1 N–H and O–H groups in total. The number of rotatable bonds is 8. The van der Waals surface area contributed by atoms with Gasteiger partial charge in [-0.05, 0) is 69.8 Å². The number of ether oxygens (including phenoxy) is 2. The lowest BCUT2D eigenvalue weighted by molar-refractivity contribution is -0.136. The van der Waals surface area contributed by atoms with E-state index in [1.165, 1.54) is 12.1 Å². The molecule has 0 aliphatic carbocycles. The van der Waals surface area contributed by atoms with Crippen LogP contribution in [0.2, 0.25) is 0 Å². The minimum atomic E-state index is -0.816. The lowest BCUT2D eigenvalue weighted by Crippen LogP contribution is -2.25. The molecule has 29 heavy (non-hydrogen) atoms. The normalized spacial score (nSPS) is 14.6. The fraction of sp³-hybridized carbons (Fsp3) is 0.435. The molecule has 0 bridgehead atoms. The molecule has 0 spiro atoms. The van der Waals surface area contributed by atoms with E-state index in [9.17, 15) is 9.18 Å². The van der Waals surface area contributed by atoms with Gasteiger partial charge in [0.05, 0.1) is 0 Å². The molecule has 3 rings (SSSR count). The van der Waals surface area contributed by atoms with Crippen molar-refractivity contribution in [1.82, 2.24) is 4.90 Å². The summed E-state index contributed by atoms with van der Waals surface area (Å²) in [6.07, 6.45) is 1.22. The molecule has 1 heterocycles. The summed E-state index contributed by atoms with van der Waals surface area (Å²) < 4.78 is 26.0. The molecule has 0 saturated heterocycles. The predicted molar refractivity (Wildman–Crippen MR) is 109 cm³/mol. The smallest absolute Gasteiger partial charge is 0.303 e. The molecular weight excluding hydrogens is 373 g/mol. The lowest BCUT2D eigenvalue weighted by atomic mass is 10.0.